The highest BCUT2D eigenvalue weighted by molar-refractivity contribution is 5.89. The monoisotopic (exact) mass is 226 g/mol. The summed E-state index contributed by atoms with van der Waals surface area (Å²) in [4.78, 5) is 11.6. The summed E-state index contributed by atoms with van der Waals surface area (Å²) in [6.45, 7) is 1.10. The van der Waals surface area contributed by atoms with E-state index in [2.05, 4.69) is 0 Å². The standard InChI is InChI=1S/C11H18N2O3/c1-13-8-9(12)7-10(13)11(14)16-6-4-3-5-15-2/h7-8H,3-6,12H2,1-2H3. The van der Waals surface area contributed by atoms with Gasteiger partial charge in [-0.1, -0.05) is 0 Å². The number of aryl methyl sites for hydroxylation is 1. The summed E-state index contributed by atoms with van der Waals surface area (Å²) in [5.74, 6) is -0.336. The Hall–Kier alpha value is -1.49. The summed E-state index contributed by atoms with van der Waals surface area (Å²) in [6.07, 6.45) is 3.38. The number of esters is 1. The van der Waals surface area contributed by atoms with Crippen LogP contribution in [-0.4, -0.2) is 30.9 Å². The molecule has 0 spiro atoms. The molecule has 1 rings (SSSR count). The van der Waals surface area contributed by atoms with Gasteiger partial charge in [-0.05, 0) is 18.9 Å². The molecule has 0 bridgehead atoms. The van der Waals surface area contributed by atoms with Crippen molar-refractivity contribution in [1.82, 2.24) is 4.57 Å². The highest BCUT2D eigenvalue weighted by Gasteiger charge is 2.11. The number of aromatic nitrogens is 1. The zero-order chi connectivity index (χ0) is 12.0. The molecule has 0 aliphatic carbocycles. The van der Waals surface area contributed by atoms with Crippen LogP contribution < -0.4 is 5.73 Å². The number of hydrogen-bond acceptors (Lipinski definition) is 4. The second-order valence-electron chi connectivity index (χ2n) is 3.61. The van der Waals surface area contributed by atoms with Crippen LogP contribution in [0.5, 0.6) is 0 Å². The van der Waals surface area contributed by atoms with Gasteiger partial charge in [-0.15, -0.1) is 0 Å². The zero-order valence-electron chi connectivity index (χ0n) is 9.73. The van der Waals surface area contributed by atoms with Crippen LogP contribution in [0.15, 0.2) is 12.3 Å². The molecular weight excluding hydrogens is 208 g/mol. The largest absolute Gasteiger partial charge is 0.461 e. The Kier molecular flexibility index (Phi) is 4.85. The van der Waals surface area contributed by atoms with Gasteiger partial charge in [0.25, 0.3) is 0 Å². The summed E-state index contributed by atoms with van der Waals surface area (Å²) in [7, 11) is 3.41. The number of carbonyl (C=O) groups excluding carboxylic acids is 1. The highest BCUT2D eigenvalue weighted by Crippen LogP contribution is 2.10. The summed E-state index contributed by atoms with van der Waals surface area (Å²) >= 11 is 0. The van der Waals surface area contributed by atoms with E-state index in [0.717, 1.165) is 12.8 Å². The van der Waals surface area contributed by atoms with Crippen LogP contribution in [0.25, 0.3) is 0 Å². The fraction of sp³-hybridized carbons (Fsp3) is 0.545. The lowest BCUT2D eigenvalue weighted by molar-refractivity contribution is 0.0478. The lowest BCUT2D eigenvalue weighted by atomic mass is 10.3. The third-order valence-corrected chi connectivity index (χ3v) is 2.21. The summed E-state index contributed by atoms with van der Waals surface area (Å²) < 4.78 is 11.7. The van der Waals surface area contributed by atoms with Gasteiger partial charge < -0.3 is 19.8 Å². The van der Waals surface area contributed by atoms with Crippen molar-refractivity contribution < 1.29 is 14.3 Å². The van der Waals surface area contributed by atoms with Crippen LogP contribution in [0.1, 0.15) is 23.3 Å². The number of nitrogens with two attached hydrogens (primary N) is 1. The number of unbranched alkanes of at least 4 members (excludes halogenated alkanes) is 1. The van der Waals surface area contributed by atoms with Gasteiger partial charge >= 0.3 is 5.97 Å². The second-order valence-corrected chi connectivity index (χ2v) is 3.61. The molecule has 5 heteroatoms. The van der Waals surface area contributed by atoms with Crippen molar-refractivity contribution in [1.29, 1.82) is 0 Å². The maximum Gasteiger partial charge on any atom is 0.355 e. The molecule has 2 N–H and O–H groups in total. The topological polar surface area (TPSA) is 66.5 Å². The number of hydrogen-bond donors (Lipinski definition) is 1. The maximum atomic E-state index is 11.6. The number of ether oxygens (including phenoxy) is 2. The Bertz CT molecular complexity index is 347. The molecule has 90 valence electrons. The first-order valence-electron chi connectivity index (χ1n) is 5.23. The van der Waals surface area contributed by atoms with Crippen molar-refractivity contribution in [2.24, 2.45) is 7.05 Å². The van der Waals surface area contributed by atoms with E-state index >= 15 is 0 Å². The number of anilines is 1. The van der Waals surface area contributed by atoms with Crippen LogP contribution in [0, 0.1) is 0 Å². The van der Waals surface area contributed by atoms with Crippen LogP contribution in [0.3, 0.4) is 0 Å². The van der Waals surface area contributed by atoms with Gasteiger partial charge in [-0.25, -0.2) is 4.79 Å². The molecule has 0 amide bonds. The molecule has 16 heavy (non-hydrogen) atoms. The van der Waals surface area contributed by atoms with Crippen molar-refractivity contribution in [3.05, 3.63) is 18.0 Å². The van der Waals surface area contributed by atoms with Crippen LogP contribution in [0.4, 0.5) is 5.69 Å². The van der Waals surface area contributed by atoms with Gasteiger partial charge in [0.1, 0.15) is 5.69 Å². The van der Waals surface area contributed by atoms with Crippen molar-refractivity contribution >= 4 is 11.7 Å². The average Bonchev–Trinajstić information content (AvgIpc) is 2.57. The van der Waals surface area contributed by atoms with E-state index in [9.17, 15) is 4.79 Å². The van der Waals surface area contributed by atoms with Crippen molar-refractivity contribution in [2.45, 2.75) is 12.8 Å². The van der Waals surface area contributed by atoms with Crippen LogP contribution in [-0.2, 0) is 16.5 Å². The van der Waals surface area contributed by atoms with Gasteiger partial charge in [0.2, 0.25) is 0 Å². The SMILES string of the molecule is COCCCCOC(=O)c1cc(N)cn1C. The lowest BCUT2D eigenvalue weighted by Gasteiger charge is -2.05. The van der Waals surface area contributed by atoms with E-state index in [1.165, 1.54) is 0 Å². The van der Waals surface area contributed by atoms with E-state index in [4.69, 9.17) is 15.2 Å². The summed E-state index contributed by atoms with van der Waals surface area (Å²) in [6, 6.07) is 1.61. The smallest absolute Gasteiger partial charge is 0.355 e. The number of carbonyl (C=O) groups is 1. The lowest BCUT2D eigenvalue weighted by Crippen LogP contribution is -2.10. The fourth-order valence-electron chi connectivity index (χ4n) is 1.38. The molecule has 0 saturated carbocycles. The Morgan fingerprint density at radius 3 is 2.69 bits per heavy atom. The highest BCUT2D eigenvalue weighted by atomic mass is 16.5. The molecule has 0 atom stereocenters. The molecule has 0 aromatic carbocycles. The number of methoxy groups -OCH3 is 1. The molecular formula is C11H18N2O3. The number of nitrogens with zero attached hydrogens (tertiary/aromatic N) is 1. The summed E-state index contributed by atoms with van der Waals surface area (Å²) in [5, 5.41) is 0. The van der Waals surface area contributed by atoms with Crippen molar-refractivity contribution in [3.8, 4) is 0 Å². The third-order valence-electron chi connectivity index (χ3n) is 2.21. The molecule has 0 unspecified atom stereocenters. The van der Waals surface area contributed by atoms with Gasteiger partial charge in [-0.2, -0.15) is 0 Å². The molecule has 0 fully saturated rings. The van der Waals surface area contributed by atoms with Crippen LogP contribution >= 0.6 is 0 Å². The van der Waals surface area contributed by atoms with Crippen LogP contribution in [0.2, 0.25) is 0 Å². The Labute approximate surface area is 95.1 Å². The second kappa shape index (κ2) is 6.17. The Morgan fingerprint density at radius 2 is 2.12 bits per heavy atom. The van der Waals surface area contributed by atoms with E-state index in [0.29, 0.717) is 24.6 Å². The van der Waals surface area contributed by atoms with Gasteiger partial charge in [0.15, 0.2) is 0 Å². The quantitative estimate of drug-likeness (QED) is 0.584. The molecule has 5 nitrogen and oxygen atoms in total. The minimum atomic E-state index is -0.336. The minimum Gasteiger partial charge on any atom is -0.461 e. The Morgan fingerprint density at radius 1 is 1.44 bits per heavy atom. The van der Waals surface area contributed by atoms with E-state index in [1.54, 1.807) is 31.0 Å². The van der Waals surface area contributed by atoms with E-state index < -0.39 is 0 Å². The first-order valence-corrected chi connectivity index (χ1v) is 5.23. The predicted octanol–water partition coefficient (Wildman–Crippen LogP) is 1.19. The molecule has 0 saturated heterocycles. The van der Waals surface area contributed by atoms with E-state index in [1.807, 2.05) is 0 Å². The molecule has 0 radical (unpaired) electrons. The molecule has 0 aliphatic rings. The normalized spacial score (nSPS) is 10.4. The van der Waals surface area contributed by atoms with Gasteiger partial charge in [0, 0.05) is 27.0 Å². The zero-order valence-corrected chi connectivity index (χ0v) is 9.73. The van der Waals surface area contributed by atoms with Gasteiger partial charge in [0.05, 0.1) is 12.3 Å². The molecule has 1 aromatic rings. The fourth-order valence-corrected chi connectivity index (χ4v) is 1.38. The molecule has 1 heterocycles. The first-order chi connectivity index (χ1) is 7.65. The van der Waals surface area contributed by atoms with Crippen molar-refractivity contribution in [2.75, 3.05) is 26.1 Å². The number of rotatable bonds is 6. The van der Waals surface area contributed by atoms with Gasteiger partial charge in [-0.3, -0.25) is 0 Å². The Balaban J connectivity index is 2.33. The average molecular weight is 226 g/mol. The third kappa shape index (κ3) is 3.58. The van der Waals surface area contributed by atoms with E-state index in [-0.39, 0.29) is 5.97 Å². The maximum absolute atomic E-state index is 11.6. The number of nitrogen functional groups attached to an aromatic ring is 1. The minimum absolute atomic E-state index is 0.336. The predicted molar refractivity (Wildman–Crippen MR) is 61.2 cm³/mol. The molecule has 0 aliphatic heterocycles. The van der Waals surface area contributed by atoms with Crippen molar-refractivity contribution in [3.63, 3.8) is 0 Å². The summed E-state index contributed by atoms with van der Waals surface area (Å²) in [5.41, 5.74) is 6.61. The first kappa shape index (κ1) is 12.6. The molecule has 1 aromatic heterocycles.